The van der Waals surface area contributed by atoms with Crippen molar-refractivity contribution in [1.29, 1.82) is 0 Å². The van der Waals surface area contributed by atoms with Crippen LogP contribution in [0.3, 0.4) is 0 Å². The van der Waals surface area contributed by atoms with Crippen LogP contribution in [-0.4, -0.2) is 48.5 Å². The number of non-ortho nitro benzene ring substituents is 1. The van der Waals surface area contributed by atoms with Crippen molar-refractivity contribution in [2.24, 2.45) is 0 Å². The van der Waals surface area contributed by atoms with Crippen molar-refractivity contribution in [3.63, 3.8) is 0 Å². The van der Waals surface area contributed by atoms with E-state index in [1.807, 2.05) is 6.07 Å². The normalized spacial score (nSPS) is 15.9. The molecule has 1 heterocycles. The summed E-state index contributed by atoms with van der Waals surface area (Å²) in [6.07, 6.45) is 1.04. The highest BCUT2D eigenvalue weighted by Gasteiger charge is 2.26. The van der Waals surface area contributed by atoms with E-state index in [0.29, 0.717) is 5.75 Å². The van der Waals surface area contributed by atoms with Crippen LogP contribution in [0.1, 0.15) is 23.7 Å². The third kappa shape index (κ3) is 6.34. The third-order valence-electron chi connectivity index (χ3n) is 4.63. The highest BCUT2D eigenvalue weighted by atomic mass is 35.5. The van der Waals surface area contributed by atoms with E-state index in [-0.39, 0.29) is 36.6 Å². The van der Waals surface area contributed by atoms with E-state index in [1.165, 1.54) is 23.3 Å². The molecule has 1 atom stereocenters. The van der Waals surface area contributed by atoms with Crippen LogP contribution < -0.4 is 4.74 Å². The standard InChI is InChI=1S/C20H25N3O3.2ClH/c1-21(2)12-5-13-22-14-16-6-3-4-7-19(16)20(15-22)26-18-10-8-17(9-11-18)23(24)25;;/h3-4,6-11,20H,5,12-15H2,1-2H3;2*1H. The summed E-state index contributed by atoms with van der Waals surface area (Å²) >= 11 is 0. The van der Waals surface area contributed by atoms with Crippen LogP contribution >= 0.6 is 24.8 Å². The van der Waals surface area contributed by atoms with Gasteiger partial charge in [0.15, 0.2) is 0 Å². The van der Waals surface area contributed by atoms with Gasteiger partial charge < -0.3 is 9.64 Å². The van der Waals surface area contributed by atoms with Crippen molar-refractivity contribution < 1.29 is 9.66 Å². The molecule has 1 aliphatic rings. The summed E-state index contributed by atoms with van der Waals surface area (Å²) in [7, 11) is 4.18. The molecule has 0 N–H and O–H groups in total. The molecule has 1 aliphatic heterocycles. The Kier molecular flexibility index (Phi) is 9.69. The zero-order valence-electron chi connectivity index (χ0n) is 16.1. The monoisotopic (exact) mass is 427 g/mol. The van der Waals surface area contributed by atoms with Crippen LogP contribution in [0.4, 0.5) is 5.69 Å². The van der Waals surface area contributed by atoms with Crippen molar-refractivity contribution in [2.45, 2.75) is 19.1 Å². The molecule has 0 fully saturated rings. The third-order valence-corrected chi connectivity index (χ3v) is 4.63. The van der Waals surface area contributed by atoms with Gasteiger partial charge in [0.05, 0.1) is 4.92 Å². The van der Waals surface area contributed by atoms with Crippen LogP contribution in [-0.2, 0) is 6.54 Å². The van der Waals surface area contributed by atoms with Gasteiger partial charge in [-0.25, -0.2) is 0 Å². The first-order valence-corrected chi connectivity index (χ1v) is 8.89. The minimum Gasteiger partial charge on any atom is -0.484 e. The molecule has 6 nitrogen and oxygen atoms in total. The van der Waals surface area contributed by atoms with Crippen LogP contribution in [0, 0.1) is 10.1 Å². The molecule has 0 amide bonds. The van der Waals surface area contributed by atoms with E-state index in [4.69, 9.17) is 4.74 Å². The van der Waals surface area contributed by atoms with Crippen molar-refractivity contribution in [2.75, 3.05) is 33.7 Å². The SMILES string of the molecule is CN(C)CCCN1Cc2ccccc2C(Oc2ccc([N+](=O)[O-])cc2)C1.Cl.Cl. The fourth-order valence-electron chi connectivity index (χ4n) is 3.32. The van der Waals surface area contributed by atoms with Gasteiger partial charge in [0.2, 0.25) is 0 Å². The summed E-state index contributed by atoms with van der Waals surface area (Å²) in [5.41, 5.74) is 2.57. The van der Waals surface area contributed by atoms with Gasteiger partial charge in [-0.2, -0.15) is 0 Å². The highest BCUT2D eigenvalue weighted by molar-refractivity contribution is 5.85. The lowest BCUT2D eigenvalue weighted by Crippen LogP contribution is -2.37. The molecule has 0 saturated heterocycles. The first kappa shape index (κ1) is 24.2. The fraction of sp³-hybridized carbons (Fsp3) is 0.400. The number of nitrogens with zero attached hydrogens (tertiary/aromatic N) is 3. The number of fused-ring (bicyclic) bond motifs is 1. The van der Waals surface area contributed by atoms with E-state index < -0.39 is 4.92 Å². The first-order chi connectivity index (χ1) is 12.5. The zero-order valence-corrected chi connectivity index (χ0v) is 17.7. The molecule has 154 valence electrons. The van der Waals surface area contributed by atoms with Crippen molar-refractivity contribution in [3.8, 4) is 5.75 Å². The number of nitro benzene ring substituents is 1. The average Bonchev–Trinajstić information content (AvgIpc) is 2.62. The maximum absolute atomic E-state index is 10.8. The Balaban J connectivity index is 0.00000196. The van der Waals surface area contributed by atoms with Gasteiger partial charge in [-0.05, 0) is 56.9 Å². The van der Waals surface area contributed by atoms with Gasteiger partial charge in [0.25, 0.3) is 5.69 Å². The van der Waals surface area contributed by atoms with Gasteiger partial charge >= 0.3 is 0 Å². The quantitative estimate of drug-likeness (QED) is 0.486. The largest absolute Gasteiger partial charge is 0.484 e. The Morgan fingerprint density at radius 3 is 2.46 bits per heavy atom. The molecule has 28 heavy (non-hydrogen) atoms. The Bertz CT molecular complexity index is 757. The van der Waals surface area contributed by atoms with Gasteiger partial charge in [-0.1, -0.05) is 24.3 Å². The lowest BCUT2D eigenvalue weighted by atomic mass is 9.97. The zero-order chi connectivity index (χ0) is 18.5. The number of hydrogen-bond donors (Lipinski definition) is 0. The first-order valence-electron chi connectivity index (χ1n) is 8.89. The predicted octanol–water partition coefficient (Wildman–Crippen LogP) is 4.33. The molecule has 0 spiro atoms. The minimum absolute atomic E-state index is 0. The van der Waals surface area contributed by atoms with Gasteiger partial charge in [-0.15, -0.1) is 24.8 Å². The Morgan fingerprint density at radius 1 is 1.14 bits per heavy atom. The van der Waals surface area contributed by atoms with Gasteiger partial charge in [0.1, 0.15) is 11.9 Å². The summed E-state index contributed by atoms with van der Waals surface area (Å²) in [4.78, 5) is 15.0. The van der Waals surface area contributed by atoms with E-state index in [2.05, 4.69) is 42.1 Å². The molecule has 8 heteroatoms. The average molecular weight is 428 g/mol. The summed E-state index contributed by atoms with van der Waals surface area (Å²) in [5.74, 6) is 0.658. The smallest absolute Gasteiger partial charge is 0.269 e. The maximum Gasteiger partial charge on any atom is 0.269 e. The molecular weight excluding hydrogens is 401 g/mol. The molecule has 3 rings (SSSR count). The Hall–Kier alpha value is -1.86. The highest BCUT2D eigenvalue weighted by Crippen LogP contribution is 2.31. The summed E-state index contributed by atoms with van der Waals surface area (Å²) < 4.78 is 6.20. The number of rotatable bonds is 7. The van der Waals surface area contributed by atoms with Crippen molar-refractivity contribution >= 4 is 30.5 Å². The van der Waals surface area contributed by atoms with Crippen LogP contribution in [0.15, 0.2) is 48.5 Å². The molecule has 2 aromatic rings. The molecule has 1 unspecified atom stereocenters. The van der Waals surface area contributed by atoms with Crippen LogP contribution in [0.2, 0.25) is 0 Å². The number of hydrogen-bond acceptors (Lipinski definition) is 5. The van der Waals surface area contributed by atoms with E-state index in [9.17, 15) is 10.1 Å². The van der Waals surface area contributed by atoms with E-state index >= 15 is 0 Å². The lowest BCUT2D eigenvalue weighted by Gasteiger charge is -2.35. The van der Waals surface area contributed by atoms with Crippen molar-refractivity contribution in [3.05, 3.63) is 69.8 Å². The maximum atomic E-state index is 10.8. The second kappa shape index (κ2) is 11.2. The van der Waals surface area contributed by atoms with Crippen molar-refractivity contribution in [1.82, 2.24) is 9.80 Å². The van der Waals surface area contributed by atoms with E-state index in [0.717, 1.165) is 32.6 Å². The summed E-state index contributed by atoms with van der Waals surface area (Å²) in [6.45, 7) is 3.84. The van der Waals surface area contributed by atoms with Gasteiger partial charge in [0, 0.05) is 25.2 Å². The predicted molar refractivity (Wildman–Crippen MR) is 116 cm³/mol. The molecule has 0 saturated carbocycles. The second-order valence-electron chi connectivity index (χ2n) is 6.95. The van der Waals surface area contributed by atoms with Gasteiger partial charge in [-0.3, -0.25) is 15.0 Å². The summed E-state index contributed by atoms with van der Waals surface area (Å²) in [5, 5.41) is 10.8. The number of benzene rings is 2. The lowest BCUT2D eigenvalue weighted by molar-refractivity contribution is -0.384. The number of ether oxygens (including phenoxy) is 1. The summed E-state index contributed by atoms with van der Waals surface area (Å²) in [6, 6.07) is 14.7. The Labute approximate surface area is 178 Å². The van der Waals surface area contributed by atoms with E-state index in [1.54, 1.807) is 12.1 Å². The molecule has 0 bridgehead atoms. The molecule has 0 aromatic heterocycles. The Morgan fingerprint density at radius 2 is 1.82 bits per heavy atom. The minimum atomic E-state index is -0.397. The molecule has 0 aliphatic carbocycles. The number of halogens is 2. The molecule has 0 radical (unpaired) electrons. The number of nitro groups is 1. The molecular formula is C20H27Cl2N3O3. The van der Waals surface area contributed by atoms with Crippen LogP contribution in [0.5, 0.6) is 5.75 Å². The molecule has 2 aromatic carbocycles. The second-order valence-corrected chi connectivity index (χ2v) is 6.95. The topological polar surface area (TPSA) is 58.8 Å². The van der Waals surface area contributed by atoms with Crippen LogP contribution in [0.25, 0.3) is 0 Å². The fourth-order valence-corrected chi connectivity index (χ4v) is 3.32.